The molecule has 2 rings (SSSR count). The molecule has 0 spiro atoms. The van der Waals surface area contributed by atoms with Crippen LogP contribution < -0.4 is 33.2 Å². The Bertz CT molecular complexity index is 1100. The summed E-state index contributed by atoms with van der Waals surface area (Å²) in [7, 11) is 0. The van der Waals surface area contributed by atoms with Crippen molar-refractivity contribution >= 4 is 40.5 Å². The van der Waals surface area contributed by atoms with Crippen LogP contribution in [0.2, 0.25) is 0 Å². The van der Waals surface area contributed by atoms with Gasteiger partial charge in [-0.2, -0.15) is 0 Å². The summed E-state index contributed by atoms with van der Waals surface area (Å²) in [5, 5.41) is 17.8. The van der Waals surface area contributed by atoms with E-state index >= 15 is 0 Å². The lowest BCUT2D eigenvalue weighted by Gasteiger charge is -2.21. The van der Waals surface area contributed by atoms with E-state index in [1.165, 1.54) is 0 Å². The van der Waals surface area contributed by atoms with Gasteiger partial charge in [-0.25, -0.2) is 4.79 Å². The highest BCUT2D eigenvalue weighted by atomic mass is 16.4. The van der Waals surface area contributed by atoms with Crippen molar-refractivity contribution in [3.05, 3.63) is 36.0 Å². The fourth-order valence-electron chi connectivity index (χ4n) is 3.73. The smallest absolute Gasteiger partial charge is 0.326 e. The van der Waals surface area contributed by atoms with Gasteiger partial charge < -0.3 is 43.2 Å². The molecule has 0 aliphatic heterocycles. The molecule has 1 heterocycles. The number of carbonyl (C=O) groups excluding carboxylic acids is 4. The Labute approximate surface area is 213 Å². The van der Waals surface area contributed by atoms with Crippen molar-refractivity contribution < 1.29 is 29.1 Å². The molecule has 13 heteroatoms. The van der Waals surface area contributed by atoms with E-state index in [-0.39, 0.29) is 25.7 Å². The molecule has 0 aliphatic carbocycles. The van der Waals surface area contributed by atoms with Crippen LogP contribution in [0.4, 0.5) is 0 Å². The summed E-state index contributed by atoms with van der Waals surface area (Å²) < 4.78 is 0. The highest BCUT2D eigenvalue weighted by Gasteiger charge is 2.26. The van der Waals surface area contributed by atoms with Crippen molar-refractivity contribution in [1.29, 1.82) is 0 Å². The van der Waals surface area contributed by atoms with Crippen molar-refractivity contribution in [1.82, 2.24) is 20.9 Å². The Balaban J connectivity index is 1.94. The zero-order valence-electron chi connectivity index (χ0n) is 20.5. The van der Waals surface area contributed by atoms with Gasteiger partial charge in [-0.1, -0.05) is 18.2 Å². The third-order valence-electron chi connectivity index (χ3n) is 5.77. The molecule has 13 nitrogen and oxygen atoms in total. The second-order valence-corrected chi connectivity index (χ2v) is 8.70. The number of aromatic nitrogens is 1. The molecule has 3 atom stereocenters. The third-order valence-corrected chi connectivity index (χ3v) is 5.77. The Hall–Kier alpha value is -3.97. The molecule has 4 amide bonds. The monoisotopic (exact) mass is 517 g/mol. The normalized spacial score (nSPS) is 13.4. The number of para-hydroxylation sites is 1. The number of aliphatic carboxylic acids is 1. The highest BCUT2D eigenvalue weighted by molar-refractivity contribution is 5.93. The topological polar surface area (TPSA) is 236 Å². The van der Waals surface area contributed by atoms with Gasteiger partial charge in [0.1, 0.15) is 12.1 Å². The minimum Gasteiger partial charge on any atom is -0.480 e. The van der Waals surface area contributed by atoms with E-state index in [0.717, 1.165) is 16.5 Å². The minimum atomic E-state index is -1.22. The van der Waals surface area contributed by atoms with Crippen LogP contribution in [0, 0.1) is 0 Å². The summed E-state index contributed by atoms with van der Waals surface area (Å²) in [5.74, 6) is -3.79. The summed E-state index contributed by atoms with van der Waals surface area (Å²) in [6.07, 6.45) is 3.07. The number of hydrogen-bond acceptors (Lipinski definition) is 7. The number of primary amides is 1. The van der Waals surface area contributed by atoms with Crippen molar-refractivity contribution in [3.8, 4) is 0 Å². The molecule has 2 aromatic rings. The van der Waals surface area contributed by atoms with E-state index < -0.39 is 54.3 Å². The van der Waals surface area contributed by atoms with Crippen LogP contribution in [-0.4, -0.2) is 70.9 Å². The van der Waals surface area contributed by atoms with Crippen molar-refractivity contribution in [2.24, 2.45) is 17.2 Å². The van der Waals surface area contributed by atoms with Crippen LogP contribution in [0.3, 0.4) is 0 Å². The number of fused-ring (bicyclic) bond motifs is 1. The Morgan fingerprint density at radius 3 is 2.38 bits per heavy atom. The molecule has 0 saturated heterocycles. The molecular weight excluding hydrogens is 482 g/mol. The highest BCUT2D eigenvalue weighted by Crippen LogP contribution is 2.19. The fourth-order valence-corrected chi connectivity index (χ4v) is 3.73. The molecule has 1 aromatic heterocycles. The van der Waals surface area contributed by atoms with E-state index in [1.54, 1.807) is 6.20 Å². The van der Waals surface area contributed by atoms with Gasteiger partial charge in [-0.05, 0) is 43.9 Å². The number of hydrogen-bond donors (Lipinski definition) is 8. The van der Waals surface area contributed by atoms with Gasteiger partial charge in [-0.3, -0.25) is 19.2 Å². The Morgan fingerprint density at radius 2 is 1.70 bits per heavy atom. The predicted octanol–water partition coefficient (Wildman–Crippen LogP) is -1.40. The fraction of sp³-hybridized carbons (Fsp3) is 0.458. The first-order valence-electron chi connectivity index (χ1n) is 12.0. The number of nitrogens with two attached hydrogens (primary N) is 3. The predicted molar refractivity (Wildman–Crippen MR) is 136 cm³/mol. The number of nitrogens with one attached hydrogen (secondary N) is 4. The van der Waals surface area contributed by atoms with Crippen LogP contribution in [0.1, 0.15) is 37.7 Å². The van der Waals surface area contributed by atoms with Crippen LogP contribution >= 0.6 is 0 Å². The number of amides is 4. The van der Waals surface area contributed by atoms with Gasteiger partial charge >= 0.3 is 5.97 Å². The lowest BCUT2D eigenvalue weighted by Crippen LogP contribution is -2.53. The van der Waals surface area contributed by atoms with Gasteiger partial charge in [0, 0.05) is 29.9 Å². The van der Waals surface area contributed by atoms with E-state index in [0.29, 0.717) is 19.4 Å². The quantitative estimate of drug-likeness (QED) is 0.123. The van der Waals surface area contributed by atoms with E-state index in [1.807, 2.05) is 24.3 Å². The largest absolute Gasteiger partial charge is 0.480 e. The molecule has 0 bridgehead atoms. The van der Waals surface area contributed by atoms with Gasteiger partial charge in [0.05, 0.1) is 12.6 Å². The number of unbranched alkanes of at least 4 members (excludes halogenated alkanes) is 1. The second-order valence-electron chi connectivity index (χ2n) is 8.70. The van der Waals surface area contributed by atoms with E-state index in [2.05, 4.69) is 20.9 Å². The summed E-state index contributed by atoms with van der Waals surface area (Å²) >= 11 is 0. The van der Waals surface area contributed by atoms with Gasteiger partial charge in [0.2, 0.25) is 23.6 Å². The van der Waals surface area contributed by atoms with Gasteiger partial charge in [0.15, 0.2) is 0 Å². The van der Waals surface area contributed by atoms with Gasteiger partial charge in [0.25, 0.3) is 0 Å². The lowest BCUT2D eigenvalue weighted by molar-refractivity contribution is -0.141. The first-order chi connectivity index (χ1) is 17.6. The van der Waals surface area contributed by atoms with Crippen LogP contribution in [-0.2, 0) is 30.4 Å². The molecule has 1 aromatic carbocycles. The van der Waals surface area contributed by atoms with E-state index in [4.69, 9.17) is 17.2 Å². The number of carboxylic acid groups (broad SMARTS) is 1. The molecule has 0 aliphatic rings. The molecule has 0 saturated carbocycles. The Kier molecular flexibility index (Phi) is 11.5. The van der Waals surface area contributed by atoms with Crippen molar-refractivity contribution in [2.75, 3.05) is 13.1 Å². The first-order valence-corrected chi connectivity index (χ1v) is 12.0. The van der Waals surface area contributed by atoms with Crippen LogP contribution in [0.15, 0.2) is 30.5 Å². The van der Waals surface area contributed by atoms with Crippen molar-refractivity contribution in [2.45, 2.75) is 56.7 Å². The SMILES string of the molecule is NCCCCC(NC(=O)C(N)CCC(N)=O)C(=O)NCC(=O)NC(Cc1c[nH]c2ccccc12)C(=O)O. The lowest BCUT2D eigenvalue weighted by atomic mass is 10.0. The molecular formula is C24H35N7O6. The van der Waals surface area contributed by atoms with Crippen LogP contribution in [0.5, 0.6) is 0 Å². The second kappa shape index (κ2) is 14.6. The molecule has 37 heavy (non-hydrogen) atoms. The standard InChI is InChI=1S/C24H35N7O6/c25-10-4-3-7-18(31-22(34)16(26)8-9-20(27)32)23(35)29-13-21(33)30-19(24(36)37)11-14-12-28-17-6-2-1-5-15(14)17/h1-2,5-6,12,16,18-19,28H,3-4,7-11,13,25-26H2,(H2,27,32)(H,29,35)(H,30,33)(H,31,34)(H,36,37). The number of H-pyrrole nitrogens is 1. The molecule has 3 unspecified atom stereocenters. The molecule has 0 radical (unpaired) electrons. The third kappa shape index (κ3) is 9.54. The maximum absolute atomic E-state index is 12.7. The molecule has 202 valence electrons. The zero-order chi connectivity index (χ0) is 27.4. The first kappa shape index (κ1) is 29.3. The summed E-state index contributed by atoms with van der Waals surface area (Å²) in [6.45, 7) is -0.0939. The minimum absolute atomic E-state index is 0.0215. The number of rotatable bonds is 16. The average Bonchev–Trinajstić information content (AvgIpc) is 3.27. The number of aromatic amines is 1. The summed E-state index contributed by atoms with van der Waals surface area (Å²) in [4.78, 5) is 63.3. The van der Waals surface area contributed by atoms with E-state index in [9.17, 15) is 29.1 Å². The van der Waals surface area contributed by atoms with Crippen molar-refractivity contribution in [3.63, 3.8) is 0 Å². The summed E-state index contributed by atoms with van der Waals surface area (Å²) in [6, 6.07) is 4.14. The van der Waals surface area contributed by atoms with Crippen LogP contribution in [0.25, 0.3) is 10.9 Å². The maximum Gasteiger partial charge on any atom is 0.326 e. The maximum atomic E-state index is 12.7. The molecule has 11 N–H and O–H groups in total. The average molecular weight is 518 g/mol. The zero-order valence-corrected chi connectivity index (χ0v) is 20.5. The van der Waals surface area contributed by atoms with Gasteiger partial charge in [-0.15, -0.1) is 0 Å². The Morgan fingerprint density at radius 1 is 0.973 bits per heavy atom. The summed E-state index contributed by atoms with van der Waals surface area (Å²) in [5.41, 5.74) is 17.9. The molecule has 0 fully saturated rings. The number of benzene rings is 1. The number of carbonyl (C=O) groups is 5. The number of carboxylic acids is 1.